The zero-order valence-electron chi connectivity index (χ0n) is 15.2. The van der Waals surface area contributed by atoms with Gasteiger partial charge in [0.05, 0.1) is 0 Å². The number of aromatic nitrogens is 2. The van der Waals surface area contributed by atoms with Crippen LogP contribution in [0.25, 0.3) is 11.4 Å². The summed E-state index contributed by atoms with van der Waals surface area (Å²) in [4.78, 5) is 27.6. The molecule has 0 aliphatic carbocycles. The maximum absolute atomic E-state index is 12.1. The van der Waals surface area contributed by atoms with Gasteiger partial charge in [-0.2, -0.15) is 4.98 Å². The minimum absolute atomic E-state index is 0.167. The number of aryl methyl sites for hydroxylation is 2. The van der Waals surface area contributed by atoms with E-state index in [0.29, 0.717) is 29.5 Å². The van der Waals surface area contributed by atoms with E-state index in [9.17, 15) is 9.59 Å². The lowest BCUT2D eigenvalue weighted by atomic mass is 10.1. The van der Waals surface area contributed by atoms with Crippen LogP contribution in [0.1, 0.15) is 24.8 Å². The van der Waals surface area contributed by atoms with Crippen LogP contribution in [0.5, 0.6) is 0 Å². The van der Waals surface area contributed by atoms with E-state index >= 15 is 0 Å². The van der Waals surface area contributed by atoms with Gasteiger partial charge in [-0.3, -0.25) is 9.59 Å². The van der Waals surface area contributed by atoms with Crippen molar-refractivity contribution >= 4 is 23.2 Å². The summed E-state index contributed by atoms with van der Waals surface area (Å²) in [6.45, 7) is 3.44. The molecule has 7 heteroatoms. The molecule has 0 spiro atoms. The van der Waals surface area contributed by atoms with Crippen molar-refractivity contribution in [2.75, 3.05) is 10.6 Å². The van der Waals surface area contributed by atoms with Crippen LogP contribution in [-0.4, -0.2) is 22.0 Å². The van der Waals surface area contributed by atoms with Gasteiger partial charge >= 0.3 is 0 Å². The molecule has 2 N–H and O–H groups in total. The van der Waals surface area contributed by atoms with Crippen molar-refractivity contribution in [2.24, 2.45) is 0 Å². The minimum Gasteiger partial charge on any atom is -0.339 e. The summed E-state index contributed by atoms with van der Waals surface area (Å²) in [6, 6.07) is 14.8. The largest absolute Gasteiger partial charge is 0.339 e. The first-order chi connectivity index (χ1) is 13.0. The second-order valence-electron chi connectivity index (χ2n) is 6.19. The van der Waals surface area contributed by atoms with Crippen LogP contribution in [0.4, 0.5) is 11.4 Å². The minimum atomic E-state index is -0.176. The molecular formula is C20H20N4O3. The third kappa shape index (κ3) is 5.24. The molecule has 0 saturated heterocycles. The number of hydrogen-bond acceptors (Lipinski definition) is 5. The molecule has 1 aromatic heterocycles. The molecule has 27 heavy (non-hydrogen) atoms. The predicted octanol–water partition coefficient (Wildman–Crippen LogP) is 3.57. The van der Waals surface area contributed by atoms with Crippen LogP contribution < -0.4 is 10.6 Å². The Bertz CT molecular complexity index is 948. The molecule has 3 rings (SSSR count). The highest BCUT2D eigenvalue weighted by Gasteiger charge is 2.11. The molecule has 2 amide bonds. The second-order valence-corrected chi connectivity index (χ2v) is 6.19. The first kappa shape index (κ1) is 18.3. The summed E-state index contributed by atoms with van der Waals surface area (Å²) in [5, 5.41) is 9.42. The van der Waals surface area contributed by atoms with Crippen LogP contribution in [0.2, 0.25) is 0 Å². The van der Waals surface area contributed by atoms with E-state index in [1.807, 2.05) is 31.2 Å². The van der Waals surface area contributed by atoms with E-state index in [-0.39, 0.29) is 18.2 Å². The smallest absolute Gasteiger partial charge is 0.227 e. The average Bonchev–Trinajstić information content (AvgIpc) is 3.09. The number of nitrogens with one attached hydrogen (secondary N) is 2. The maximum atomic E-state index is 12.1. The van der Waals surface area contributed by atoms with Crippen LogP contribution >= 0.6 is 0 Å². The Balaban J connectivity index is 1.55. The molecule has 138 valence electrons. The number of rotatable bonds is 6. The highest BCUT2D eigenvalue weighted by Crippen LogP contribution is 2.18. The van der Waals surface area contributed by atoms with E-state index in [2.05, 4.69) is 20.8 Å². The van der Waals surface area contributed by atoms with Crippen molar-refractivity contribution in [3.63, 3.8) is 0 Å². The van der Waals surface area contributed by atoms with Crippen LogP contribution in [0.3, 0.4) is 0 Å². The Morgan fingerprint density at radius 3 is 2.44 bits per heavy atom. The van der Waals surface area contributed by atoms with Gasteiger partial charge in [0.1, 0.15) is 0 Å². The van der Waals surface area contributed by atoms with E-state index in [4.69, 9.17) is 4.52 Å². The number of nitrogens with zero attached hydrogens (tertiary/aromatic N) is 2. The van der Waals surface area contributed by atoms with Gasteiger partial charge in [0, 0.05) is 36.7 Å². The van der Waals surface area contributed by atoms with Crippen molar-refractivity contribution < 1.29 is 14.1 Å². The SMILES string of the molecule is CC(=O)Nc1cccc(NC(=O)CCc2nc(-c3ccc(C)cc3)no2)c1. The molecule has 0 bridgehead atoms. The molecular weight excluding hydrogens is 344 g/mol. The number of carbonyl (C=O) groups is 2. The van der Waals surface area contributed by atoms with Gasteiger partial charge in [0.15, 0.2) is 0 Å². The lowest BCUT2D eigenvalue weighted by Gasteiger charge is -2.07. The first-order valence-electron chi connectivity index (χ1n) is 8.57. The second kappa shape index (κ2) is 8.27. The lowest BCUT2D eigenvalue weighted by molar-refractivity contribution is -0.116. The summed E-state index contributed by atoms with van der Waals surface area (Å²) in [5.74, 6) is 0.574. The Kier molecular flexibility index (Phi) is 5.61. The lowest BCUT2D eigenvalue weighted by Crippen LogP contribution is -2.13. The summed E-state index contributed by atoms with van der Waals surface area (Å²) in [6.07, 6.45) is 0.552. The number of anilines is 2. The molecule has 0 aliphatic rings. The van der Waals surface area contributed by atoms with Gasteiger partial charge in [-0.05, 0) is 25.1 Å². The van der Waals surface area contributed by atoms with E-state index in [0.717, 1.165) is 11.1 Å². The van der Waals surface area contributed by atoms with E-state index in [1.165, 1.54) is 6.92 Å². The third-order valence-electron chi connectivity index (χ3n) is 3.81. The molecule has 7 nitrogen and oxygen atoms in total. The van der Waals surface area contributed by atoms with Crippen molar-refractivity contribution in [1.29, 1.82) is 0 Å². The fourth-order valence-corrected chi connectivity index (χ4v) is 2.50. The molecule has 0 fully saturated rings. The van der Waals surface area contributed by atoms with E-state index < -0.39 is 0 Å². The van der Waals surface area contributed by atoms with Crippen LogP contribution in [-0.2, 0) is 16.0 Å². The molecule has 2 aromatic carbocycles. The molecule has 0 atom stereocenters. The van der Waals surface area contributed by atoms with Crippen molar-refractivity contribution in [2.45, 2.75) is 26.7 Å². The number of benzene rings is 2. The molecule has 3 aromatic rings. The van der Waals surface area contributed by atoms with E-state index in [1.54, 1.807) is 24.3 Å². The molecule has 1 heterocycles. The predicted molar refractivity (Wildman–Crippen MR) is 102 cm³/mol. The van der Waals surface area contributed by atoms with Gasteiger partial charge in [-0.15, -0.1) is 0 Å². The summed E-state index contributed by atoms with van der Waals surface area (Å²) in [7, 11) is 0. The van der Waals surface area contributed by atoms with Crippen molar-refractivity contribution in [3.05, 3.63) is 60.0 Å². The Morgan fingerprint density at radius 1 is 1.04 bits per heavy atom. The summed E-state index contributed by atoms with van der Waals surface area (Å²) < 4.78 is 5.22. The summed E-state index contributed by atoms with van der Waals surface area (Å²) in [5.41, 5.74) is 3.26. The summed E-state index contributed by atoms with van der Waals surface area (Å²) >= 11 is 0. The highest BCUT2D eigenvalue weighted by atomic mass is 16.5. The maximum Gasteiger partial charge on any atom is 0.227 e. The van der Waals surface area contributed by atoms with Crippen molar-refractivity contribution in [3.8, 4) is 11.4 Å². The monoisotopic (exact) mass is 364 g/mol. The fourth-order valence-electron chi connectivity index (χ4n) is 2.50. The average molecular weight is 364 g/mol. The molecule has 0 radical (unpaired) electrons. The highest BCUT2D eigenvalue weighted by molar-refractivity contribution is 5.93. The van der Waals surface area contributed by atoms with Gasteiger partial charge in [-0.1, -0.05) is 41.1 Å². The fraction of sp³-hybridized carbons (Fsp3) is 0.200. The standard InChI is InChI=1S/C20H20N4O3/c1-13-6-8-15(9-7-13)20-23-19(27-24-20)11-10-18(26)22-17-5-3-4-16(12-17)21-14(2)25/h3-9,12H,10-11H2,1-2H3,(H,21,25)(H,22,26). The molecule has 0 saturated carbocycles. The van der Waals surface area contributed by atoms with Crippen molar-refractivity contribution in [1.82, 2.24) is 10.1 Å². The third-order valence-corrected chi connectivity index (χ3v) is 3.81. The zero-order chi connectivity index (χ0) is 19.2. The van der Waals surface area contributed by atoms with Gasteiger partial charge in [-0.25, -0.2) is 0 Å². The molecule has 0 aliphatic heterocycles. The van der Waals surface area contributed by atoms with Gasteiger partial charge < -0.3 is 15.2 Å². The normalized spacial score (nSPS) is 10.4. The van der Waals surface area contributed by atoms with Gasteiger partial charge in [0.2, 0.25) is 23.5 Å². The Hall–Kier alpha value is -3.48. The number of hydrogen-bond donors (Lipinski definition) is 2. The number of carbonyl (C=O) groups excluding carboxylic acids is 2. The number of amides is 2. The molecule has 0 unspecified atom stereocenters. The topological polar surface area (TPSA) is 97.1 Å². The Labute approximate surface area is 156 Å². The quantitative estimate of drug-likeness (QED) is 0.697. The zero-order valence-corrected chi connectivity index (χ0v) is 15.2. The van der Waals surface area contributed by atoms with Crippen LogP contribution in [0, 0.1) is 6.92 Å². The van der Waals surface area contributed by atoms with Gasteiger partial charge in [0.25, 0.3) is 0 Å². The Morgan fingerprint density at radius 2 is 1.74 bits per heavy atom. The first-order valence-corrected chi connectivity index (χ1v) is 8.57. The van der Waals surface area contributed by atoms with Crippen LogP contribution in [0.15, 0.2) is 53.1 Å².